The highest BCUT2D eigenvalue weighted by Gasteiger charge is 2.16. The average molecular weight is 365 g/mol. The van der Waals surface area contributed by atoms with Crippen molar-refractivity contribution in [3.8, 4) is 5.75 Å². The molecule has 2 aromatic heterocycles. The van der Waals surface area contributed by atoms with Crippen LogP contribution < -0.4 is 15.0 Å². The molecular formula is C15H15N3O6S. The molecule has 0 bridgehead atoms. The van der Waals surface area contributed by atoms with Crippen LogP contribution in [0.5, 0.6) is 5.75 Å². The van der Waals surface area contributed by atoms with Crippen molar-refractivity contribution in [1.82, 2.24) is 9.97 Å². The Morgan fingerprint density at radius 2 is 2.08 bits per heavy atom. The number of sulfonamides is 1. The highest BCUT2D eigenvalue weighted by molar-refractivity contribution is 7.92. The Kier molecular flexibility index (Phi) is 4.13. The average Bonchev–Trinajstić information content (AvgIpc) is 2.91. The van der Waals surface area contributed by atoms with Gasteiger partial charge < -0.3 is 19.4 Å². The smallest absolute Gasteiger partial charge is 0.434 e. The summed E-state index contributed by atoms with van der Waals surface area (Å²) in [4.78, 5) is 29.2. The van der Waals surface area contributed by atoms with Crippen LogP contribution >= 0.6 is 0 Å². The summed E-state index contributed by atoms with van der Waals surface area (Å²) in [5.74, 6) is 0.112. The van der Waals surface area contributed by atoms with E-state index in [-0.39, 0.29) is 17.9 Å². The van der Waals surface area contributed by atoms with E-state index < -0.39 is 21.7 Å². The van der Waals surface area contributed by atoms with Crippen molar-refractivity contribution in [1.29, 1.82) is 0 Å². The van der Waals surface area contributed by atoms with Crippen molar-refractivity contribution in [2.24, 2.45) is 0 Å². The number of aromatic amines is 2. The Morgan fingerprint density at radius 1 is 1.32 bits per heavy atom. The first kappa shape index (κ1) is 16.8. The van der Waals surface area contributed by atoms with E-state index in [1.165, 1.54) is 12.3 Å². The normalized spacial score (nSPS) is 11.6. The summed E-state index contributed by atoms with van der Waals surface area (Å²) in [6, 6.07) is 4.62. The van der Waals surface area contributed by atoms with Crippen LogP contribution in [0.15, 0.2) is 29.2 Å². The molecule has 0 radical (unpaired) electrons. The number of H-pyrrole nitrogens is 2. The van der Waals surface area contributed by atoms with E-state index in [1.54, 1.807) is 19.1 Å². The zero-order valence-corrected chi connectivity index (χ0v) is 14.2. The van der Waals surface area contributed by atoms with Crippen LogP contribution in [0.25, 0.3) is 21.8 Å². The van der Waals surface area contributed by atoms with E-state index in [1.807, 2.05) is 0 Å². The SMILES string of the molecule is CCOC(=O)Oc1c[nH]c2c(=O)[nH]c3ccc(NS(C)(=O)=O)cc3c12. The van der Waals surface area contributed by atoms with Gasteiger partial charge in [0, 0.05) is 22.8 Å². The molecule has 3 rings (SSSR count). The minimum Gasteiger partial charge on any atom is -0.434 e. The number of anilines is 1. The van der Waals surface area contributed by atoms with Gasteiger partial charge in [-0.15, -0.1) is 0 Å². The second kappa shape index (κ2) is 6.13. The molecule has 0 aliphatic carbocycles. The number of carbonyl (C=O) groups excluding carboxylic acids is 1. The Balaban J connectivity index is 2.22. The number of hydrogen-bond donors (Lipinski definition) is 3. The molecule has 2 heterocycles. The molecule has 1 aromatic carbocycles. The third-order valence-electron chi connectivity index (χ3n) is 3.37. The van der Waals surface area contributed by atoms with Gasteiger partial charge in [0.25, 0.3) is 5.56 Å². The van der Waals surface area contributed by atoms with Crippen LogP contribution in [-0.4, -0.2) is 37.4 Å². The van der Waals surface area contributed by atoms with Crippen LogP contribution in [0.4, 0.5) is 10.5 Å². The van der Waals surface area contributed by atoms with E-state index in [9.17, 15) is 18.0 Å². The lowest BCUT2D eigenvalue weighted by Crippen LogP contribution is -2.11. The molecule has 0 unspecified atom stereocenters. The fourth-order valence-electron chi connectivity index (χ4n) is 2.49. The molecule has 0 aliphatic heterocycles. The van der Waals surface area contributed by atoms with Crippen LogP contribution in [0.3, 0.4) is 0 Å². The number of hydrogen-bond acceptors (Lipinski definition) is 6. The molecule has 10 heteroatoms. The van der Waals surface area contributed by atoms with Crippen LogP contribution in [-0.2, 0) is 14.8 Å². The number of benzene rings is 1. The molecule has 132 valence electrons. The number of nitrogens with one attached hydrogen (secondary N) is 3. The Morgan fingerprint density at radius 3 is 2.76 bits per heavy atom. The molecule has 0 amide bonds. The predicted octanol–water partition coefficient (Wildman–Crippen LogP) is 1.92. The van der Waals surface area contributed by atoms with E-state index >= 15 is 0 Å². The topological polar surface area (TPSA) is 130 Å². The Hall–Kier alpha value is -3.01. The molecule has 0 saturated carbocycles. The molecule has 0 saturated heterocycles. The van der Waals surface area contributed by atoms with E-state index in [0.717, 1.165) is 6.26 Å². The largest absolute Gasteiger partial charge is 0.513 e. The number of pyridine rings is 1. The van der Waals surface area contributed by atoms with Gasteiger partial charge in [0.15, 0.2) is 5.75 Å². The van der Waals surface area contributed by atoms with Gasteiger partial charge in [0.05, 0.1) is 18.2 Å². The lowest BCUT2D eigenvalue weighted by molar-refractivity contribution is 0.105. The van der Waals surface area contributed by atoms with Crippen molar-refractivity contribution in [3.05, 3.63) is 34.7 Å². The third kappa shape index (κ3) is 3.43. The van der Waals surface area contributed by atoms with Crippen LogP contribution in [0.2, 0.25) is 0 Å². The van der Waals surface area contributed by atoms with Gasteiger partial charge in [0.1, 0.15) is 5.52 Å². The summed E-state index contributed by atoms with van der Waals surface area (Å²) >= 11 is 0. The first-order chi connectivity index (χ1) is 11.8. The maximum absolute atomic E-state index is 12.2. The summed E-state index contributed by atoms with van der Waals surface area (Å²) in [6.07, 6.45) is 1.50. The highest BCUT2D eigenvalue weighted by Crippen LogP contribution is 2.32. The first-order valence-electron chi connectivity index (χ1n) is 7.28. The molecule has 0 aliphatic rings. The van der Waals surface area contributed by atoms with Gasteiger partial charge in [-0.1, -0.05) is 0 Å². The molecule has 0 fully saturated rings. The van der Waals surface area contributed by atoms with Crippen LogP contribution in [0, 0.1) is 0 Å². The summed E-state index contributed by atoms with van der Waals surface area (Å²) in [5, 5.41) is 0.854. The minimum atomic E-state index is -3.47. The lowest BCUT2D eigenvalue weighted by atomic mass is 10.1. The number of ether oxygens (including phenoxy) is 2. The van der Waals surface area contributed by atoms with E-state index in [2.05, 4.69) is 14.7 Å². The monoisotopic (exact) mass is 365 g/mol. The summed E-state index contributed by atoms with van der Waals surface area (Å²) < 4.78 is 35.1. The lowest BCUT2D eigenvalue weighted by Gasteiger charge is -2.08. The first-order valence-corrected chi connectivity index (χ1v) is 9.17. The summed E-state index contributed by atoms with van der Waals surface area (Å²) in [7, 11) is -3.47. The van der Waals surface area contributed by atoms with Crippen molar-refractivity contribution >= 4 is 43.7 Å². The minimum absolute atomic E-state index is 0.112. The van der Waals surface area contributed by atoms with Gasteiger partial charge in [0.2, 0.25) is 10.0 Å². The van der Waals surface area contributed by atoms with E-state index in [0.29, 0.717) is 22.0 Å². The van der Waals surface area contributed by atoms with E-state index in [4.69, 9.17) is 9.47 Å². The van der Waals surface area contributed by atoms with Crippen LogP contribution in [0.1, 0.15) is 6.92 Å². The van der Waals surface area contributed by atoms with Gasteiger partial charge >= 0.3 is 6.16 Å². The van der Waals surface area contributed by atoms with Gasteiger partial charge in [-0.2, -0.15) is 0 Å². The number of rotatable bonds is 4. The quantitative estimate of drug-likeness (QED) is 0.606. The number of fused-ring (bicyclic) bond motifs is 3. The molecule has 0 spiro atoms. The van der Waals surface area contributed by atoms with Gasteiger partial charge in [-0.25, -0.2) is 13.2 Å². The summed E-state index contributed by atoms with van der Waals surface area (Å²) in [6.45, 7) is 1.78. The third-order valence-corrected chi connectivity index (χ3v) is 3.97. The van der Waals surface area contributed by atoms with Crippen molar-refractivity contribution in [3.63, 3.8) is 0 Å². The summed E-state index contributed by atoms with van der Waals surface area (Å²) in [5.41, 5.74) is 0.574. The molecular weight excluding hydrogens is 350 g/mol. The number of aromatic nitrogens is 2. The second-order valence-corrected chi connectivity index (χ2v) is 7.03. The van der Waals surface area contributed by atoms with Gasteiger partial charge in [-0.05, 0) is 25.1 Å². The fraction of sp³-hybridized carbons (Fsp3) is 0.200. The zero-order chi connectivity index (χ0) is 18.2. The second-order valence-electron chi connectivity index (χ2n) is 5.28. The fourth-order valence-corrected chi connectivity index (χ4v) is 3.05. The number of carbonyl (C=O) groups is 1. The maximum Gasteiger partial charge on any atom is 0.513 e. The molecule has 25 heavy (non-hydrogen) atoms. The standard InChI is InChI=1S/C15H15N3O6S/c1-3-23-15(20)24-11-7-16-13-12(11)9-6-8(18-25(2,21)22)4-5-10(9)17-14(13)19/h4-7,16,18H,3H2,1-2H3,(H,17,19). The molecule has 0 atom stereocenters. The van der Waals surface area contributed by atoms with Gasteiger partial charge in [-0.3, -0.25) is 9.52 Å². The van der Waals surface area contributed by atoms with Crippen molar-refractivity contribution < 1.29 is 22.7 Å². The maximum atomic E-state index is 12.2. The molecule has 3 N–H and O–H groups in total. The predicted molar refractivity (Wildman–Crippen MR) is 92.5 cm³/mol. The Bertz CT molecular complexity index is 1130. The molecule has 3 aromatic rings. The zero-order valence-electron chi connectivity index (χ0n) is 13.4. The van der Waals surface area contributed by atoms with Crippen molar-refractivity contribution in [2.75, 3.05) is 17.6 Å². The Labute approximate surface area is 142 Å². The van der Waals surface area contributed by atoms with Crippen molar-refractivity contribution in [2.45, 2.75) is 6.92 Å². The molecule has 9 nitrogen and oxygen atoms in total. The highest BCUT2D eigenvalue weighted by atomic mass is 32.2.